The predicted molar refractivity (Wildman–Crippen MR) is 67.0 cm³/mol. The van der Waals surface area contributed by atoms with Crippen LogP contribution >= 0.6 is 15.9 Å². The lowest BCUT2D eigenvalue weighted by atomic mass is 10.1. The Morgan fingerprint density at radius 1 is 1.38 bits per heavy atom. The highest BCUT2D eigenvalue weighted by Gasteiger charge is 2.23. The number of rotatable bonds is 1. The van der Waals surface area contributed by atoms with Crippen LogP contribution in [0.1, 0.15) is 5.69 Å². The maximum absolute atomic E-state index is 5.95. The number of imidazole rings is 1. The molecule has 1 atom stereocenters. The first-order valence-corrected chi connectivity index (χ1v) is 6.09. The maximum Gasteiger partial charge on any atom is 0.0956 e. The van der Waals surface area contributed by atoms with Crippen molar-refractivity contribution in [3.63, 3.8) is 0 Å². The molecule has 16 heavy (non-hydrogen) atoms. The summed E-state index contributed by atoms with van der Waals surface area (Å²) in [6.07, 6.45) is 2.80. The van der Waals surface area contributed by atoms with Crippen LogP contribution in [0, 0.1) is 0 Å². The first-order valence-electron chi connectivity index (χ1n) is 5.30. The Bertz CT molecular complexity index is 533. The van der Waals surface area contributed by atoms with Crippen LogP contribution in [0.15, 0.2) is 35.1 Å². The topological polar surface area (TPSA) is 43.8 Å². The van der Waals surface area contributed by atoms with Crippen molar-refractivity contribution in [2.45, 2.75) is 19.0 Å². The molecule has 1 aliphatic heterocycles. The normalized spacial score (nSPS) is 18.8. The van der Waals surface area contributed by atoms with Crippen molar-refractivity contribution >= 4 is 15.9 Å². The Morgan fingerprint density at radius 3 is 3.00 bits per heavy atom. The standard InChI is InChI=1S/C12H12BrN3/c13-10-4-2-1-3-9(10)12-11-5-8(14)6-16(11)7-15-12/h1-4,7-8H,5-6,14H2. The van der Waals surface area contributed by atoms with Gasteiger partial charge in [0.15, 0.2) is 0 Å². The van der Waals surface area contributed by atoms with Crippen molar-refractivity contribution in [1.29, 1.82) is 0 Å². The highest BCUT2D eigenvalue weighted by molar-refractivity contribution is 9.10. The van der Waals surface area contributed by atoms with Gasteiger partial charge in [0.25, 0.3) is 0 Å². The minimum Gasteiger partial charge on any atom is -0.332 e. The van der Waals surface area contributed by atoms with E-state index in [9.17, 15) is 0 Å². The summed E-state index contributed by atoms with van der Waals surface area (Å²) in [6.45, 7) is 0.882. The van der Waals surface area contributed by atoms with Gasteiger partial charge in [0.2, 0.25) is 0 Å². The minimum atomic E-state index is 0.235. The summed E-state index contributed by atoms with van der Waals surface area (Å²) in [7, 11) is 0. The van der Waals surface area contributed by atoms with Gasteiger partial charge >= 0.3 is 0 Å². The first kappa shape index (κ1) is 10.1. The number of halogens is 1. The van der Waals surface area contributed by atoms with Gasteiger partial charge in [-0.3, -0.25) is 0 Å². The predicted octanol–water partition coefficient (Wildman–Crippen LogP) is 2.20. The van der Waals surface area contributed by atoms with Crippen molar-refractivity contribution in [3.8, 4) is 11.3 Å². The zero-order chi connectivity index (χ0) is 11.1. The third-order valence-corrected chi connectivity index (χ3v) is 3.65. The van der Waals surface area contributed by atoms with E-state index in [1.807, 2.05) is 24.5 Å². The molecule has 0 aliphatic carbocycles. The molecule has 1 aromatic heterocycles. The van der Waals surface area contributed by atoms with Crippen LogP contribution in [-0.4, -0.2) is 15.6 Å². The van der Waals surface area contributed by atoms with Crippen LogP contribution in [0.3, 0.4) is 0 Å². The molecule has 3 nitrogen and oxygen atoms in total. The van der Waals surface area contributed by atoms with Crippen LogP contribution < -0.4 is 5.73 Å². The molecular weight excluding hydrogens is 266 g/mol. The fourth-order valence-corrected chi connectivity index (χ4v) is 2.70. The fraction of sp³-hybridized carbons (Fsp3) is 0.250. The lowest BCUT2D eigenvalue weighted by molar-refractivity contribution is 0.636. The minimum absolute atomic E-state index is 0.235. The molecule has 2 heterocycles. The van der Waals surface area contributed by atoms with E-state index >= 15 is 0 Å². The Morgan fingerprint density at radius 2 is 2.19 bits per heavy atom. The van der Waals surface area contributed by atoms with E-state index in [-0.39, 0.29) is 6.04 Å². The first-order chi connectivity index (χ1) is 7.75. The van der Waals surface area contributed by atoms with Gasteiger partial charge in [-0.05, 0) is 6.07 Å². The number of fused-ring (bicyclic) bond motifs is 1. The lowest BCUT2D eigenvalue weighted by Crippen LogP contribution is -2.20. The monoisotopic (exact) mass is 277 g/mol. The highest BCUT2D eigenvalue weighted by Crippen LogP contribution is 2.31. The van der Waals surface area contributed by atoms with Crippen molar-refractivity contribution < 1.29 is 0 Å². The molecular formula is C12H12BrN3. The van der Waals surface area contributed by atoms with E-state index in [0.29, 0.717) is 0 Å². The van der Waals surface area contributed by atoms with Gasteiger partial charge in [0.1, 0.15) is 0 Å². The third-order valence-electron chi connectivity index (χ3n) is 2.96. The zero-order valence-electron chi connectivity index (χ0n) is 8.73. The van der Waals surface area contributed by atoms with Gasteiger partial charge in [-0.1, -0.05) is 34.1 Å². The van der Waals surface area contributed by atoms with Crippen molar-refractivity contribution in [2.24, 2.45) is 5.73 Å². The van der Waals surface area contributed by atoms with E-state index in [1.165, 1.54) is 5.69 Å². The number of hydrogen-bond acceptors (Lipinski definition) is 2. The van der Waals surface area contributed by atoms with E-state index in [0.717, 1.165) is 28.7 Å². The Kier molecular flexibility index (Phi) is 2.33. The quantitative estimate of drug-likeness (QED) is 0.869. The van der Waals surface area contributed by atoms with Crippen molar-refractivity contribution in [2.75, 3.05) is 0 Å². The molecule has 4 heteroatoms. The number of nitrogens with two attached hydrogens (primary N) is 1. The van der Waals surface area contributed by atoms with Crippen molar-refractivity contribution in [3.05, 3.63) is 40.8 Å². The molecule has 0 saturated carbocycles. The Hall–Kier alpha value is -1.13. The number of nitrogens with zero attached hydrogens (tertiary/aromatic N) is 2. The highest BCUT2D eigenvalue weighted by atomic mass is 79.9. The summed E-state index contributed by atoms with van der Waals surface area (Å²) < 4.78 is 3.23. The lowest BCUT2D eigenvalue weighted by Gasteiger charge is -2.03. The molecule has 2 aromatic rings. The summed E-state index contributed by atoms with van der Waals surface area (Å²) >= 11 is 3.56. The van der Waals surface area contributed by atoms with Crippen LogP contribution in [-0.2, 0) is 13.0 Å². The second kappa shape index (κ2) is 3.71. The summed E-state index contributed by atoms with van der Waals surface area (Å²) in [5.74, 6) is 0. The molecule has 0 saturated heterocycles. The molecule has 3 rings (SSSR count). The third kappa shape index (κ3) is 1.49. The molecule has 82 valence electrons. The summed E-state index contributed by atoms with van der Waals surface area (Å²) in [6, 6.07) is 8.39. The molecule has 0 radical (unpaired) electrons. The van der Waals surface area contributed by atoms with Crippen LogP contribution in [0.2, 0.25) is 0 Å². The number of benzene rings is 1. The molecule has 1 aromatic carbocycles. The van der Waals surface area contributed by atoms with Crippen molar-refractivity contribution in [1.82, 2.24) is 9.55 Å². The second-order valence-corrected chi connectivity index (χ2v) is 4.99. The van der Waals surface area contributed by atoms with E-state index in [4.69, 9.17) is 5.73 Å². The molecule has 0 bridgehead atoms. The molecule has 1 aliphatic rings. The maximum atomic E-state index is 5.95. The second-order valence-electron chi connectivity index (χ2n) is 4.14. The van der Waals surface area contributed by atoms with E-state index < -0.39 is 0 Å². The average molecular weight is 278 g/mol. The molecule has 0 fully saturated rings. The van der Waals surface area contributed by atoms with Crippen LogP contribution in [0.5, 0.6) is 0 Å². The van der Waals surface area contributed by atoms with Gasteiger partial charge in [0, 0.05) is 34.7 Å². The fourth-order valence-electron chi connectivity index (χ4n) is 2.22. The van der Waals surface area contributed by atoms with Gasteiger partial charge in [0.05, 0.1) is 12.0 Å². The van der Waals surface area contributed by atoms with Gasteiger partial charge in [-0.2, -0.15) is 0 Å². The van der Waals surface area contributed by atoms with Crippen LogP contribution in [0.4, 0.5) is 0 Å². The Labute approximate surface area is 102 Å². The number of aromatic nitrogens is 2. The van der Waals surface area contributed by atoms with Gasteiger partial charge in [-0.25, -0.2) is 4.98 Å². The van der Waals surface area contributed by atoms with E-state index in [1.54, 1.807) is 0 Å². The molecule has 1 unspecified atom stereocenters. The zero-order valence-corrected chi connectivity index (χ0v) is 10.3. The summed E-state index contributed by atoms with van der Waals surface area (Å²) in [5, 5.41) is 0. The summed E-state index contributed by atoms with van der Waals surface area (Å²) in [4.78, 5) is 4.48. The van der Waals surface area contributed by atoms with E-state index in [2.05, 4.69) is 31.5 Å². The molecule has 2 N–H and O–H groups in total. The molecule has 0 spiro atoms. The Balaban J connectivity index is 2.12. The molecule has 0 amide bonds. The van der Waals surface area contributed by atoms with Crippen LogP contribution in [0.25, 0.3) is 11.3 Å². The smallest absolute Gasteiger partial charge is 0.0956 e. The van der Waals surface area contributed by atoms with Gasteiger partial charge < -0.3 is 10.3 Å². The number of hydrogen-bond donors (Lipinski definition) is 1. The average Bonchev–Trinajstić information content (AvgIpc) is 2.78. The summed E-state index contributed by atoms with van der Waals surface area (Å²) in [5.41, 5.74) is 9.40. The van der Waals surface area contributed by atoms with Gasteiger partial charge in [-0.15, -0.1) is 0 Å². The SMILES string of the molecule is NC1Cc2c(-c3ccccc3Br)ncn2C1. The largest absolute Gasteiger partial charge is 0.332 e.